The first-order valence-electron chi connectivity index (χ1n) is 5.78. The van der Waals surface area contributed by atoms with Crippen molar-refractivity contribution in [2.24, 2.45) is 0 Å². The lowest BCUT2D eigenvalue weighted by molar-refractivity contribution is 0.366. The molecule has 0 radical (unpaired) electrons. The fourth-order valence-corrected chi connectivity index (χ4v) is 1.34. The van der Waals surface area contributed by atoms with Crippen molar-refractivity contribution in [3.63, 3.8) is 0 Å². The fourth-order valence-electron chi connectivity index (χ4n) is 1.34. The Morgan fingerprint density at radius 1 is 1.18 bits per heavy atom. The van der Waals surface area contributed by atoms with E-state index in [1.54, 1.807) is 0 Å². The van der Waals surface area contributed by atoms with E-state index in [0.29, 0.717) is 11.9 Å². The largest absolute Gasteiger partial charge is 0.407 e. The zero-order valence-electron chi connectivity index (χ0n) is 10.4. The summed E-state index contributed by atoms with van der Waals surface area (Å²) in [6.07, 6.45) is 0.958. The van der Waals surface area contributed by atoms with Crippen molar-refractivity contribution >= 4 is 11.7 Å². The second-order valence-electron chi connectivity index (χ2n) is 4.64. The highest BCUT2D eigenvalue weighted by Crippen LogP contribution is 2.27. The summed E-state index contributed by atoms with van der Waals surface area (Å²) in [5.74, 6) is 0.665. The van der Waals surface area contributed by atoms with E-state index in [1.165, 1.54) is 0 Å². The number of nitrogens with one attached hydrogen (secondary N) is 1. The van der Waals surface area contributed by atoms with Gasteiger partial charge in [-0.25, -0.2) is 0 Å². The number of para-hydroxylation sites is 1. The molecule has 0 unspecified atom stereocenters. The van der Waals surface area contributed by atoms with E-state index < -0.39 is 0 Å². The molecular formula is C13H17N3O. The Kier molecular flexibility index (Phi) is 3.13. The maximum atomic E-state index is 5.61. The number of hydrogen-bond donors (Lipinski definition) is 1. The molecule has 4 heteroatoms. The number of hydrogen-bond acceptors (Lipinski definition) is 4. The maximum absolute atomic E-state index is 5.61. The van der Waals surface area contributed by atoms with Crippen LogP contribution in [0.25, 0.3) is 0 Å². The van der Waals surface area contributed by atoms with Gasteiger partial charge in [0, 0.05) is 11.1 Å². The van der Waals surface area contributed by atoms with Crippen LogP contribution in [-0.4, -0.2) is 10.2 Å². The zero-order chi connectivity index (χ0) is 12.3. The van der Waals surface area contributed by atoms with Gasteiger partial charge in [0.2, 0.25) is 5.89 Å². The summed E-state index contributed by atoms with van der Waals surface area (Å²) in [5.41, 5.74) is 0.862. The SMILES string of the molecule is CCC(C)(C)c1nnc(Nc2ccccc2)o1. The van der Waals surface area contributed by atoms with Gasteiger partial charge in [0.05, 0.1) is 0 Å². The first-order chi connectivity index (χ1) is 8.12. The van der Waals surface area contributed by atoms with Gasteiger partial charge in [-0.15, -0.1) is 5.10 Å². The minimum Gasteiger partial charge on any atom is -0.407 e. The van der Waals surface area contributed by atoms with Crippen LogP contribution >= 0.6 is 0 Å². The molecular weight excluding hydrogens is 214 g/mol. The molecule has 1 heterocycles. The monoisotopic (exact) mass is 231 g/mol. The van der Waals surface area contributed by atoms with Gasteiger partial charge in [-0.3, -0.25) is 0 Å². The van der Waals surface area contributed by atoms with Crippen LogP contribution in [0.1, 0.15) is 33.1 Å². The average molecular weight is 231 g/mol. The van der Waals surface area contributed by atoms with Crippen LogP contribution in [0, 0.1) is 0 Å². The van der Waals surface area contributed by atoms with E-state index in [1.807, 2.05) is 30.3 Å². The molecule has 0 spiro atoms. The van der Waals surface area contributed by atoms with Gasteiger partial charge in [0.15, 0.2) is 0 Å². The molecule has 0 aliphatic heterocycles. The Labute approximate surface area is 101 Å². The standard InChI is InChI=1S/C13H17N3O/c1-4-13(2,3)11-15-16-12(17-11)14-10-8-6-5-7-9-10/h5-9H,4H2,1-3H3,(H,14,16). The lowest BCUT2D eigenvalue weighted by Gasteiger charge is -2.16. The van der Waals surface area contributed by atoms with Gasteiger partial charge < -0.3 is 9.73 Å². The van der Waals surface area contributed by atoms with Crippen LogP contribution in [0.4, 0.5) is 11.7 Å². The third-order valence-electron chi connectivity index (χ3n) is 2.91. The first-order valence-corrected chi connectivity index (χ1v) is 5.78. The molecule has 0 atom stereocenters. The Balaban J connectivity index is 2.14. The molecule has 0 aliphatic rings. The van der Waals surface area contributed by atoms with Crippen LogP contribution in [0.2, 0.25) is 0 Å². The highest BCUT2D eigenvalue weighted by molar-refractivity contribution is 5.51. The topological polar surface area (TPSA) is 51.0 Å². The molecule has 1 aromatic carbocycles. The van der Waals surface area contributed by atoms with Crippen LogP contribution < -0.4 is 5.32 Å². The average Bonchev–Trinajstić information content (AvgIpc) is 2.80. The molecule has 0 amide bonds. The van der Waals surface area contributed by atoms with Crippen molar-refractivity contribution in [2.75, 3.05) is 5.32 Å². The van der Waals surface area contributed by atoms with Crippen molar-refractivity contribution in [2.45, 2.75) is 32.6 Å². The van der Waals surface area contributed by atoms with Crippen molar-refractivity contribution in [3.05, 3.63) is 36.2 Å². The molecule has 4 nitrogen and oxygen atoms in total. The van der Waals surface area contributed by atoms with Gasteiger partial charge in [-0.05, 0) is 18.6 Å². The van der Waals surface area contributed by atoms with E-state index in [-0.39, 0.29) is 5.41 Å². The Morgan fingerprint density at radius 3 is 2.53 bits per heavy atom. The molecule has 1 aromatic heterocycles. The smallest absolute Gasteiger partial charge is 0.320 e. The summed E-state index contributed by atoms with van der Waals surface area (Å²) in [7, 11) is 0. The zero-order valence-corrected chi connectivity index (χ0v) is 10.4. The molecule has 2 aromatic rings. The summed E-state index contributed by atoms with van der Waals surface area (Å²) >= 11 is 0. The predicted octanol–water partition coefficient (Wildman–Crippen LogP) is 3.50. The first kappa shape index (κ1) is 11.6. The molecule has 2 rings (SSSR count). The summed E-state index contributed by atoms with van der Waals surface area (Å²) in [6, 6.07) is 10.2. The van der Waals surface area contributed by atoms with E-state index in [4.69, 9.17) is 4.42 Å². The van der Waals surface area contributed by atoms with Gasteiger partial charge in [0.1, 0.15) is 0 Å². The van der Waals surface area contributed by atoms with Crippen LogP contribution in [0.3, 0.4) is 0 Å². The van der Waals surface area contributed by atoms with Gasteiger partial charge in [-0.2, -0.15) is 0 Å². The summed E-state index contributed by atoms with van der Waals surface area (Å²) in [5, 5.41) is 11.2. The molecule has 0 fully saturated rings. The van der Waals surface area contributed by atoms with Crippen LogP contribution in [0.5, 0.6) is 0 Å². The van der Waals surface area contributed by atoms with Crippen LogP contribution in [0.15, 0.2) is 34.7 Å². The third-order valence-corrected chi connectivity index (χ3v) is 2.91. The molecule has 0 saturated carbocycles. The van der Waals surface area contributed by atoms with Gasteiger partial charge in [0.25, 0.3) is 0 Å². The van der Waals surface area contributed by atoms with Gasteiger partial charge in [-0.1, -0.05) is 44.1 Å². The Morgan fingerprint density at radius 2 is 1.88 bits per heavy atom. The normalized spacial score (nSPS) is 11.5. The highest BCUT2D eigenvalue weighted by Gasteiger charge is 2.25. The van der Waals surface area contributed by atoms with Crippen LogP contribution in [-0.2, 0) is 5.41 Å². The molecule has 90 valence electrons. The van der Waals surface area contributed by atoms with E-state index >= 15 is 0 Å². The van der Waals surface area contributed by atoms with E-state index in [2.05, 4.69) is 36.3 Å². The van der Waals surface area contributed by atoms with Crippen molar-refractivity contribution in [3.8, 4) is 0 Å². The molecule has 0 saturated heterocycles. The minimum absolute atomic E-state index is 0.0797. The number of anilines is 2. The number of nitrogens with zero attached hydrogens (tertiary/aromatic N) is 2. The summed E-state index contributed by atoms with van der Waals surface area (Å²) in [4.78, 5) is 0. The predicted molar refractivity (Wildman–Crippen MR) is 67.3 cm³/mol. The second kappa shape index (κ2) is 4.57. The Hall–Kier alpha value is -1.84. The molecule has 1 N–H and O–H groups in total. The van der Waals surface area contributed by atoms with Crippen molar-refractivity contribution in [1.29, 1.82) is 0 Å². The lowest BCUT2D eigenvalue weighted by Crippen LogP contribution is -2.15. The van der Waals surface area contributed by atoms with E-state index in [0.717, 1.165) is 12.1 Å². The number of benzene rings is 1. The maximum Gasteiger partial charge on any atom is 0.320 e. The minimum atomic E-state index is -0.0797. The summed E-state index contributed by atoms with van der Waals surface area (Å²) in [6.45, 7) is 6.29. The van der Waals surface area contributed by atoms with E-state index in [9.17, 15) is 0 Å². The second-order valence-corrected chi connectivity index (χ2v) is 4.64. The quantitative estimate of drug-likeness (QED) is 0.875. The molecule has 17 heavy (non-hydrogen) atoms. The number of aromatic nitrogens is 2. The Bertz CT molecular complexity index is 476. The lowest BCUT2D eigenvalue weighted by atomic mass is 9.90. The fraction of sp³-hybridized carbons (Fsp3) is 0.385. The van der Waals surface area contributed by atoms with Gasteiger partial charge >= 0.3 is 6.01 Å². The van der Waals surface area contributed by atoms with Crippen molar-refractivity contribution < 1.29 is 4.42 Å². The van der Waals surface area contributed by atoms with Crippen molar-refractivity contribution in [1.82, 2.24) is 10.2 Å². The third kappa shape index (κ3) is 2.64. The molecule has 0 aliphatic carbocycles. The summed E-state index contributed by atoms with van der Waals surface area (Å²) < 4.78 is 5.61. The highest BCUT2D eigenvalue weighted by atomic mass is 16.4. The number of rotatable bonds is 4. The molecule has 0 bridgehead atoms.